The van der Waals surface area contributed by atoms with E-state index in [1.165, 1.54) is 19.6 Å². The number of hydrogen-bond donors (Lipinski definition) is 0. The van der Waals surface area contributed by atoms with Crippen molar-refractivity contribution in [1.82, 2.24) is 29.4 Å². The number of rotatable bonds is 8. The second-order valence-electron chi connectivity index (χ2n) is 11.3. The molecule has 0 saturated carbocycles. The molecule has 4 saturated heterocycles. The molecule has 12 nitrogen and oxygen atoms in total. The van der Waals surface area contributed by atoms with Gasteiger partial charge in [-0.25, -0.2) is 19.2 Å². The number of urea groups is 2. The van der Waals surface area contributed by atoms with Crippen molar-refractivity contribution in [3.63, 3.8) is 0 Å². The van der Waals surface area contributed by atoms with E-state index in [1.807, 2.05) is 72.2 Å². The van der Waals surface area contributed by atoms with Crippen LogP contribution in [0.1, 0.15) is 36.1 Å². The van der Waals surface area contributed by atoms with Crippen LogP contribution >= 0.6 is 0 Å². The minimum absolute atomic E-state index is 0.0101. The lowest BCUT2D eigenvalue weighted by molar-refractivity contribution is -0.208. The highest BCUT2D eigenvalue weighted by Gasteiger charge is 2.89. The minimum atomic E-state index is -2.04. The molecule has 0 unspecified atom stereocenters. The highest BCUT2D eigenvalue weighted by Crippen LogP contribution is 2.56. The fourth-order valence-corrected chi connectivity index (χ4v) is 6.72. The van der Waals surface area contributed by atoms with Gasteiger partial charge in [0.15, 0.2) is 0 Å². The van der Waals surface area contributed by atoms with E-state index in [-0.39, 0.29) is 39.9 Å². The van der Waals surface area contributed by atoms with E-state index in [0.29, 0.717) is 13.1 Å². The lowest BCUT2D eigenvalue weighted by atomic mass is 9.89. The van der Waals surface area contributed by atoms with E-state index in [0.717, 1.165) is 22.3 Å². The van der Waals surface area contributed by atoms with Gasteiger partial charge in [-0.3, -0.25) is 29.4 Å². The van der Waals surface area contributed by atoms with Crippen molar-refractivity contribution in [1.29, 1.82) is 0 Å². The van der Waals surface area contributed by atoms with Crippen LogP contribution in [0.25, 0.3) is 0 Å². The first-order valence-corrected chi connectivity index (χ1v) is 14.3. The molecule has 0 radical (unpaired) electrons. The van der Waals surface area contributed by atoms with Crippen LogP contribution in [0.3, 0.4) is 0 Å². The zero-order chi connectivity index (χ0) is 29.8. The van der Waals surface area contributed by atoms with Gasteiger partial charge in [0.1, 0.15) is 0 Å². The second-order valence-corrected chi connectivity index (χ2v) is 11.3. The maximum Gasteiger partial charge on any atom is 0.359 e. The van der Waals surface area contributed by atoms with Crippen LogP contribution in [0.2, 0.25) is 0 Å². The Hall–Kier alpha value is -4.16. The third-order valence-corrected chi connectivity index (χ3v) is 8.51. The Morgan fingerprint density at radius 1 is 0.619 bits per heavy atom. The fraction of sp³-hybridized carbons (Fsp3) is 0.467. The van der Waals surface area contributed by atoms with Crippen LogP contribution in [0.15, 0.2) is 48.5 Å². The van der Waals surface area contributed by atoms with Crippen LogP contribution in [0, 0.1) is 13.8 Å². The average Bonchev–Trinajstić information content (AvgIpc) is 3.34. The molecule has 4 aliphatic rings. The minimum Gasteiger partial charge on any atom is -0.463 e. The number of benzene rings is 2. The largest absolute Gasteiger partial charge is 0.463 e. The summed E-state index contributed by atoms with van der Waals surface area (Å²) in [6.07, 6.45) is 0. The molecule has 0 aromatic heterocycles. The maximum atomic E-state index is 14.4. The quantitative estimate of drug-likeness (QED) is 0.442. The van der Waals surface area contributed by atoms with Gasteiger partial charge in [0.25, 0.3) is 11.3 Å². The third kappa shape index (κ3) is 3.81. The zero-order valence-electron chi connectivity index (χ0n) is 24.4. The molecule has 222 valence electrons. The van der Waals surface area contributed by atoms with E-state index in [1.54, 1.807) is 13.8 Å². The van der Waals surface area contributed by atoms with Gasteiger partial charge < -0.3 is 9.47 Å². The molecule has 6 rings (SSSR count). The van der Waals surface area contributed by atoms with Gasteiger partial charge in [0, 0.05) is 13.1 Å². The second kappa shape index (κ2) is 10.3. The normalized spacial score (nSPS) is 25.2. The summed E-state index contributed by atoms with van der Waals surface area (Å²) in [5, 5.41) is 0. The molecule has 0 bridgehead atoms. The maximum absolute atomic E-state index is 14.4. The van der Waals surface area contributed by atoms with Gasteiger partial charge in [-0.15, -0.1) is 0 Å². The standard InChI is InChI=1S/C30H36N6O6/c1-5-41-25(37)29-30(26(38)42-6-2)35-19-32(16-24-13-9-22(4)10-14-24)20-36(30)28(40)34(29)18-31(17-33(29)27(35)39)15-23-11-7-21(3)8-12-23/h7-14H,5-6,15-20H2,1-4H3. The molecule has 0 spiro atoms. The van der Waals surface area contributed by atoms with Gasteiger partial charge in [-0.05, 0) is 38.8 Å². The molecular weight excluding hydrogens is 540 g/mol. The van der Waals surface area contributed by atoms with Gasteiger partial charge in [0.05, 0.1) is 39.9 Å². The van der Waals surface area contributed by atoms with Gasteiger partial charge in [-0.1, -0.05) is 59.7 Å². The summed E-state index contributed by atoms with van der Waals surface area (Å²) in [4.78, 5) is 66.1. The molecule has 4 fully saturated rings. The first-order valence-electron chi connectivity index (χ1n) is 14.3. The Balaban J connectivity index is 1.45. The van der Waals surface area contributed by atoms with Crippen molar-refractivity contribution in [2.24, 2.45) is 0 Å². The SMILES string of the molecule is CCOC(=O)C12N3CN(Cc4ccc(C)cc4)CN1C(=O)N1CN(Cc4ccc(C)cc4)CN(C3=O)C12C(=O)OCC. The smallest absolute Gasteiger partial charge is 0.359 e. The summed E-state index contributed by atoms with van der Waals surface area (Å²) in [7, 11) is 0. The van der Waals surface area contributed by atoms with E-state index < -0.39 is 35.3 Å². The van der Waals surface area contributed by atoms with Crippen molar-refractivity contribution in [2.75, 3.05) is 39.9 Å². The summed E-state index contributed by atoms with van der Waals surface area (Å²) in [6, 6.07) is 14.9. The summed E-state index contributed by atoms with van der Waals surface area (Å²) >= 11 is 0. The van der Waals surface area contributed by atoms with Crippen molar-refractivity contribution in [3.8, 4) is 0 Å². The number of aryl methyl sites for hydroxylation is 2. The number of esters is 2. The van der Waals surface area contributed by atoms with Crippen molar-refractivity contribution < 1.29 is 28.7 Å². The molecule has 0 atom stereocenters. The molecule has 0 N–H and O–H groups in total. The number of carbonyl (C=O) groups is 4. The first kappa shape index (κ1) is 28.0. The van der Waals surface area contributed by atoms with Gasteiger partial charge in [0.2, 0.25) is 0 Å². The molecule has 4 aliphatic heterocycles. The molecule has 4 heterocycles. The topological polar surface area (TPSA) is 106 Å². The number of nitrogens with zero attached hydrogens (tertiary/aromatic N) is 6. The lowest BCUT2D eigenvalue weighted by Gasteiger charge is -2.51. The highest BCUT2D eigenvalue weighted by molar-refractivity contribution is 6.09. The monoisotopic (exact) mass is 576 g/mol. The highest BCUT2D eigenvalue weighted by atomic mass is 16.6. The third-order valence-electron chi connectivity index (χ3n) is 8.51. The molecule has 4 amide bonds. The van der Waals surface area contributed by atoms with Crippen molar-refractivity contribution in [2.45, 2.75) is 52.1 Å². The Labute approximate surface area is 244 Å². The number of ether oxygens (including phenoxy) is 2. The Kier molecular flexibility index (Phi) is 6.85. The van der Waals surface area contributed by atoms with Crippen LogP contribution < -0.4 is 0 Å². The van der Waals surface area contributed by atoms with E-state index in [9.17, 15) is 19.2 Å². The summed E-state index contributed by atoms with van der Waals surface area (Å²) in [6.45, 7) is 8.25. The van der Waals surface area contributed by atoms with Crippen LogP contribution in [0.5, 0.6) is 0 Å². The summed E-state index contributed by atoms with van der Waals surface area (Å²) < 4.78 is 11.1. The molecule has 2 aromatic rings. The van der Waals surface area contributed by atoms with Crippen molar-refractivity contribution >= 4 is 24.0 Å². The fourth-order valence-electron chi connectivity index (χ4n) is 6.72. The van der Waals surface area contributed by atoms with Crippen LogP contribution in [-0.2, 0) is 32.2 Å². The number of carbonyl (C=O) groups excluding carboxylic acids is 4. The van der Waals surface area contributed by atoms with Crippen LogP contribution in [0.4, 0.5) is 9.59 Å². The summed E-state index contributed by atoms with van der Waals surface area (Å²) in [5.41, 5.74) is 0.136. The van der Waals surface area contributed by atoms with Gasteiger partial charge in [-0.2, -0.15) is 0 Å². The summed E-state index contributed by atoms with van der Waals surface area (Å²) in [5.74, 6) is -1.65. The van der Waals surface area contributed by atoms with Crippen LogP contribution in [-0.4, -0.2) is 105 Å². The van der Waals surface area contributed by atoms with E-state index in [4.69, 9.17) is 9.47 Å². The average molecular weight is 577 g/mol. The lowest BCUT2D eigenvalue weighted by Crippen LogP contribution is -2.80. The molecular formula is C30H36N6O6. The van der Waals surface area contributed by atoms with E-state index in [2.05, 4.69) is 0 Å². The Morgan fingerprint density at radius 3 is 1.21 bits per heavy atom. The number of hydrogen-bond acceptors (Lipinski definition) is 8. The molecule has 12 heteroatoms. The van der Waals surface area contributed by atoms with E-state index >= 15 is 0 Å². The predicted molar refractivity (Wildman–Crippen MR) is 150 cm³/mol. The van der Waals surface area contributed by atoms with Gasteiger partial charge >= 0.3 is 24.0 Å². The molecule has 2 aromatic carbocycles. The predicted octanol–water partition coefficient (Wildman–Crippen LogP) is 2.46. The molecule has 0 aliphatic carbocycles. The Morgan fingerprint density at radius 2 is 0.929 bits per heavy atom. The number of amides is 4. The Bertz CT molecular complexity index is 1270. The molecule has 42 heavy (non-hydrogen) atoms. The van der Waals surface area contributed by atoms with Crippen molar-refractivity contribution in [3.05, 3.63) is 70.8 Å². The first-order chi connectivity index (χ1) is 20.2. The zero-order valence-corrected chi connectivity index (χ0v) is 24.4.